The van der Waals surface area contributed by atoms with E-state index >= 15 is 0 Å². The van der Waals surface area contributed by atoms with Crippen LogP contribution < -0.4 is 0 Å². The van der Waals surface area contributed by atoms with Gasteiger partial charge in [0.05, 0.1) is 10.6 Å². The summed E-state index contributed by atoms with van der Waals surface area (Å²) in [5.41, 5.74) is 2.80. The zero-order chi connectivity index (χ0) is 21.7. The van der Waals surface area contributed by atoms with Crippen LogP contribution in [0.1, 0.15) is 35.3 Å². The monoisotopic (exact) mass is 429 g/mol. The molecule has 0 bridgehead atoms. The number of imide groups is 1. The summed E-state index contributed by atoms with van der Waals surface area (Å²) < 4.78 is 14.9. The summed E-state index contributed by atoms with van der Waals surface area (Å²) >= 11 is 6.38. The van der Waals surface area contributed by atoms with Crippen molar-refractivity contribution in [3.8, 4) is 11.1 Å². The van der Waals surface area contributed by atoms with Crippen LogP contribution in [0.25, 0.3) is 11.1 Å². The standard InChI is InChI=1S/C22H21ClFN3O3/c1-12(2)27-10-15-7-14(8-17(23)20(15)21(27)29)16-5-4-13(6-18(16)24)9-26-11-19(28)25(3)22(26)30/h4-8,12H,9-11H2,1-3H3. The van der Waals surface area contributed by atoms with Crippen molar-refractivity contribution in [2.45, 2.75) is 33.0 Å². The lowest BCUT2D eigenvalue weighted by atomic mass is 9.98. The third-order valence-electron chi connectivity index (χ3n) is 5.59. The van der Waals surface area contributed by atoms with Gasteiger partial charge in [-0.15, -0.1) is 0 Å². The Morgan fingerprint density at radius 2 is 1.83 bits per heavy atom. The van der Waals surface area contributed by atoms with E-state index in [1.165, 1.54) is 18.0 Å². The van der Waals surface area contributed by atoms with Crippen LogP contribution in [0.4, 0.5) is 9.18 Å². The molecular weight excluding hydrogens is 409 g/mol. The van der Waals surface area contributed by atoms with E-state index in [0.29, 0.717) is 33.8 Å². The number of hydrogen-bond acceptors (Lipinski definition) is 3. The molecule has 8 heteroatoms. The molecule has 30 heavy (non-hydrogen) atoms. The lowest BCUT2D eigenvalue weighted by Crippen LogP contribution is -2.30. The van der Waals surface area contributed by atoms with Crippen molar-refractivity contribution in [3.05, 3.63) is 57.9 Å². The van der Waals surface area contributed by atoms with Crippen LogP contribution in [0.2, 0.25) is 5.02 Å². The van der Waals surface area contributed by atoms with Crippen molar-refractivity contribution in [3.63, 3.8) is 0 Å². The van der Waals surface area contributed by atoms with Gasteiger partial charge in [0.2, 0.25) is 5.91 Å². The number of amides is 4. The van der Waals surface area contributed by atoms with E-state index in [-0.39, 0.29) is 30.9 Å². The van der Waals surface area contributed by atoms with Crippen LogP contribution in [-0.4, -0.2) is 52.2 Å². The van der Waals surface area contributed by atoms with Gasteiger partial charge in [-0.3, -0.25) is 14.5 Å². The SMILES string of the molecule is CC(C)N1Cc2cc(-c3ccc(CN4CC(=O)N(C)C4=O)cc3F)cc(Cl)c2C1=O. The van der Waals surface area contributed by atoms with Crippen molar-refractivity contribution < 1.29 is 18.8 Å². The predicted octanol–water partition coefficient (Wildman–Crippen LogP) is 3.90. The fourth-order valence-corrected chi connectivity index (χ4v) is 4.21. The first-order valence-corrected chi connectivity index (χ1v) is 10.0. The van der Waals surface area contributed by atoms with Crippen LogP contribution in [0, 0.1) is 5.82 Å². The number of rotatable bonds is 4. The third-order valence-corrected chi connectivity index (χ3v) is 5.88. The fraction of sp³-hybridized carbons (Fsp3) is 0.318. The average Bonchev–Trinajstić information content (AvgIpc) is 3.14. The molecule has 1 fully saturated rings. The van der Waals surface area contributed by atoms with Crippen LogP contribution in [0.5, 0.6) is 0 Å². The van der Waals surface area contributed by atoms with Gasteiger partial charge < -0.3 is 9.80 Å². The van der Waals surface area contributed by atoms with E-state index in [0.717, 1.165) is 10.5 Å². The first-order chi connectivity index (χ1) is 14.2. The van der Waals surface area contributed by atoms with Gasteiger partial charge >= 0.3 is 6.03 Å². The molecular formula is C22H21ClFN3O3. The Morgan fingerprint density at radius 3 is 2.43 bits per heavy atom. The van der Waals surface area contributed by atoms with E-state index in [4.69, 9.17) is 11.6 Å². The molecule has 2 heterocycles. The molecule has 0 unspecified atom stereocenters. The van der Waals surface area contributed by atoms with Crippen LogP contribution in [-0.2, 0) is 17.9 Å². The van der Waals surface area contributed by atoms with Crippen molar-refractivity contribution >= 4 is 29.4 Å². The summed E-state index contributed by atoms with van der Waals surface area (Å²) in [4.78, 5) is 40.4. The van der Waals surface area contributed by atoms with Gasteiger partial charge in [0.15, 0.2) is 0 Å². The summed E-state index contributed by atoms with van der Waals surface area (Å²) in [5, 5.41) is 0.309. The van der Waals surface area contributed by atoms with Crippen molar-refractivity contribution in [1.82, 2.24) is 14.7 Å². The molecule has 2 aromatic rings. The molecule has 4 rings (SSSR count). The first kappa shape index (κ1) is 20.3. The number of urea groups is 1. The number of carbonyl (C=O) groups is 3. The normalized spacial score (nSPS) is 16.3. The van der Waals surface area contributed by atoms with E-state index in [2.05, 4.69) is 0 Å². The molecule has 0 atom stereocenters. The van der Waals surface area contributed by atoms with E-state index in [9.17, 15) is 18.8 Å². The zero-order valence-electron chi connectivity index (χ0n) is 16.9. The van der Waals surface area contributed by atoms with Gasteiger partial charge in [-0.05, 0) is 48.7 Å². The van der Waals surface area contributed by atoms with Gasteiger partial charge in [0, 0.05) is 31.7 Å². The molecule has 2 aromatic carbocycles. The molecule has 0 N–H and O–H groups in total. The Kier molecular flexibility index (Phi) is 5.02. The second kappa shape index (κ2) is 7.40. The van der Waals surface area contributed by atoms with E-state index in [1.807, 2.05) is 13.8 Å². The minimum Gasteiger partial charge on any atom is -0.332 e. The summed E-state index contributed by atoms with van der Waals surface area (Å²) in [5.74, 6) is -0.850. The lowest BCUT2D eigenvalue weighted by Gasteiger charge is -2.19. The van der Waals surface area contributed by atoms with Crippen LogP contribution in [0.3, 0.4) is 0 Å². The van der Waals surface area contributed by atoms with Crippen LogP contribution >= 0.6 is 11.6 Å². The second-order valence-corrected chi connectivity index (χ2v) is 8.33. The zero-order valence-corrected chi connectivity index (χ0v) is 17.7. The number of likely N-dealkylation sites (N-methyl/N-ethyl adjacent to an activating group) is 1. The Balaban J connectivity index is 1.61. The molecule has 0 radical (unpaired) electrons. The van der Waals surface area contributed by atoms with Crippen molar-refractivity contribution in [2.75, 3.05) is 13.6 Å². The van der Waals surface area contributed by atoms with Gasteiger partial charge in [0.1, 0.15) is 12.4 Å². The largest absolute Gasteiger partial charge is 0.332 e. The number of hydrogen-bond donors (Lipinski definition) is 0. The highest BCUT2D eigenvalue weighted by Crippen LogP contribution is 2.36. The smallest absolute Gasteiger partial charge is 0.327 e. The summed E-state index contributed by atoms with van der Waals surface area (Å²) in [6.07, 6.45) is 0. The molecule has 0 saturated carbocycles. The molecule has 0 aliphatic carbocycles. The van der Waals surface area contributed by atoms with E-state index in [1.54, 1.807) is 29.2 Å². The molecule has 2 aliphatic heterocycles. The second-order valence-electron chi connectivity index (χ2n) is 7.92. The molecule has 0 spiro atoms. The average molecular weight is 430 g/mol. The van der Waals surface area contributed by atoms with Crippen molar-refractivity contribution in [2.24, 2.45) is 0 Å². The van der Waals surface area contributed by atoms with Gasteiger partial charge in [-0.2, -0.15) is 0 Å². The highest BCUT2D eigenvalue weighted by Gasteiger charge is 2.33. The summed E-state index contributed by atoms with van der Waals surface area (Å²) in [6, 6.07) is 7.77. The molecule has 156 valence electrons. The maximum atomic E-state index is 14.9. The van der Waals surface area contributed by atoms with Gasteiger partial charge in [-0.25, -0.2) is 9.18 Å². The Morgan fingerprint density at radius 1 is 1.10 bits per heavy atom. The number of halogens is 2. The molecule has 2 aliphatic rings. The lowest BCUT2D eigenvalue weighted by molar-refractivity contribution is -0.124. The molecule has 4 amide bonds. The fourth-order valence-electron chi connectivity index (χ4n) is 3.89. The highest BCUT2D eigenvalue weighted by atomic mass is 35.5. The number of carbonyl (C=O) groups excluding carboxylic acids is 3. The maximum Gasteiger partial charge on any atom is 0.327 e. The third kappa shape index (κ3) is 3.33. The van der Waals surface area contributed by atoms with Gasteiger partial charge in [0.25, 0.3) is 5.91 Å². The Bertz CT molecular complexity index is 1090. The number of nitrogens with zero attached hydrogens (tertiary/aromatic N) is 3. The van der Waals surface area contributed by atoms with E-state index < -0.39 is 11.8 Å². The first-order valence-electron chi connectivity index (χ1n) is 9.65. The minimum absolute atomic E-state index is 0.0144. The number of benzene rings is 2. The molecule has 0 aromatic heterocycles. The summed E-state index contributed by atoms with van der Waals surface area (Å²) in [7, 11) is 1.43. The number of fused-ring (bicyclic) bond motifs is 1. The van der Waals surface area contributed by atoms with Crippen molar-refractivity contribution in [1.29, 1.82) is 0 Å². The highest BCUT2D eigenvalue weighted by molar-refractivity contribution is 6.34. The Labute approximate surface area is 178 Å². The minimum atomic E-state index is -0.458. The summed E-state index contributed by atoms with van der Waals surface area (Å²) in [6.45, 7) is 4.45. The molecule has 1 saturated heterocycles. The quantitative estimate of drug-likeness (QED) is 0.692. The maximum absolute atomic E-state index is 14.9. The topological polar surface area (TPSA) is 60.9 Å². The van der Waals surface area contributed by atoms with Gasteiger partial charge in [-0.1, -0.05) is 23.7 Å². The Hall–Kier alpha value is -2.93. The predicted molar refractivity (Wildman–Crippen MR) is 110 cm³/mol. The molecule has 6 nitrogen and oxygen atoms in total. The van der Waals surface area contributed by atoms with Crippen LogP contribution in [0.15, 0.2) is 30.3 Å².